The summed E-state index contributed by atoms with van der Waals surface area (Å²) in [4.78, 5) is 16.7. The van der Waals surface area contributed by atoms with Crippen LogP contribution in [0.3, 0.4) is 0 Å². The molecule has 2 aromatic carbocycles. The van der Waals surface area contributed by atoms with E-state index in [1.807, 2.05) is 31.2 Å². The number of aromatic nitrogens is 1. The van der Waals surface area contributed by atoms with Gasteiger partial charge in [0.1, 0.15) is 11.6 Å². The average Bonchev–Trinajstić information content (AvgIpc) is 2.64. The number of halogens is 1. The molecule has 3 rings (SSSR count). The molecule has 0 saturated heterocycles. The van der Waals surface area contributed by atoms with Crippen molar-refractivity contribution in [1.82, 2.24) is 4.98 Å². The van der Waals surface area contributed by atoms with Crippen molar-refractivity contribution >= 4 is 34.7 Å². The third-order valence-electron chi connectivity index (χ3n) is 3.55. The van der Waals surface area contributed by atoms with Crippen LogP contribution in [0.1, 0.15) is 17.3 Å². The molecule has 0 atom stereocenters. The molecule has 0 unspecified atom stereocenters. The zero-order valence-electron chi connectivity index (χ0n) is 14.2. The lowest BCUT2D eigenvalue weighted by atomic mass is 10.2. The number of hydrogen-bond donors (Lipinski definition) is 2. The smallest absolute Gasteiger partial charge is 0.255 e. The van der Waals surface area contributed by atoms with E-state index in [0.717, 1.165) is 11.4 Å². The Hall–Kier alpha value is -3.05. The van der Waals surface area contributed by atoms with Crippen LogP contribution in [0.25, 0.3) is 0 Å². The lowest BCUT2D eigenvalue weighted by Gasteiger charge is -2.12. The van der Waals surface area contributed by atoms with Crippen molar-refractivity contribution < 1.29 is 9.53 Å². The summed E-state index contributed by atoms with van der Waals surface area (Å²) >= 11 is 5.95. The van der Waals surface area contributed by atoms with Gasteiger partial charge >= 0.3 is 0 Å². The van der Waals surface area contributed by atoms with Gasteiger partial charge in [0.15, 0.2) is 0 Å². The summed E-state index contributed by atoms with van der Waals surface area (Å²) in [6.45, 7) is 2.49. The van der Waals surface area contributed by atoms with Gasteiger partial charge < -0.3 is 15.4 Å². The predicted molar refractivity (Wildman–Crippen MR) is 105 cm³/mol. The van der Waals surface area contributed by atoms with Gasteiger partial charge in [0.2, 0.25) is 0 Å². The number of ether oxygens (including phenoxy) is 1. The maximum absolute atomic E-state index is 12.5. The fourth-order valence-electron chi connectivity index (χ4n) is 2.40. The number of pyridine rings is 1. The number of amides is 1. The second kappa shape index (κ2) is 8.36. The summed E-state index contributed by atoms with van der Waals surface area (Å²) in [5, 5.41) is 6.57. The number of para-hydroxylation sites is 2. The minimum Gasteiger partial charge on any atom is -0.492 e. The Kier molecular flexibility index (Phi) is 5.71. The molecule has 0 aliphatic carbocycles. The van der Waals surface area contributed by atoms with Crippen molar-refractivity contribution in [2.24, 2.45) is 0 Å². The second-order valence-corrected chi connectivity index (χ2v) is 5.88. The fourth-order valence-corrected chi connectivity index (χ4v) is 2.59. The van der Waals surface area contributed by atoms with Crippen LogP contribution in [0.4, 0.5) is 17.2 Å². The molecule has 0 aliphatic rings. The van der Waals surface area contributed by atoms with Crippen LogP contribution in [-0.2, 0) is 0 Å². The van der Waals surface area contributed by atoms with Gasteiger partial charge in [-0.2, -0.15) is 0 Å². The number of carbonyl (C=O) groups excluding carboxylic acids is 1. The summed E-state index contributed by atoms with van der Waals surface area (Å²) in [5.41, 5.74) is 1.90. The normalized spacial score (nSPS) is 10.2. The first-order valence-electron chi connectivity index (χ1n) is 8.17. The first-order chi connectivity index (χ1) is 12.7. The highest BCUT2D eigenvalue weighted by Crippen LogP contribution is 2.27. The SMILES string of the molecule is CCOc1ccccc1Nc1cc(C(=O)Nc2cccc(Cl)c2)ccn1. The highest BCUT2D eigenvalue weighted by Gasteiger charge is 2.09. The van der Waals surface area contributed by atoms with Crippen molar-refractivity contribution in [2.45, 2.75) is 6.92 Å². The van der Waals surface area contributed by atoms with Crippen molar-refractivity contribution in [3.8, 4) is 5.75 Å². The molecular weight excluding hydrogens is 350 g/mol. The maximum atomic E-state index is 12.5. The van der Waals surface area contributed by atoms with Gasteiger partial charge in [-0.3, -0.25) is 4.79 Å². The van der Waals surface area contributed by atoms with E-state index in [0.29, 0.717) is 28.7 Å². The van der Waals surface area contributed by atoms with Gasteiger partial charge in [-0.25, -0.2) is 4.98 Å². The predicted octanol–water partition coefficient (Wildman–Crippen LogP) is 5.13. The van der Waals surface area contributed by atoms with Gasteiger partial charge in [-0.1, -0.05) is 29.8 Å². The van der Waals surface area contributed by atoms with Gasteiger partial charge in [-0.15, -0.1) is 0 Å². The molecule has 0 aliphatic heterocycles. The summed E-state index contributed by atoms with van der Waals surface area (Å²) in [5.74, 6) is 1.04. The summed E-state index contributed by atoms with van der Waals surface area (Å²) < 4.78 is 5.60. The number of benzene rings is 2. The standard InChI is InChI=1S/C20H18ClN3O2/c1-2-26-18-9-4-3-8-17(18)24-19-12-14(10-11-22-19)20(25)23-16-7-5-6-15(21)13-16/h3-13H,2H2,1H3,(H,22,24)(H,23,25). The summed E-state index contributed by atoms with van der Waals surface area (Å²) in [6.07, 6.45) is 1.58. The molecule has 6 heteroatoms. The van der Waals surface area contributed by atoms with Crippen molar-refractivity contribution in [3.05, 3.63) is 77.4 Å². The number of nitrogens with one attached hydrogen (secondary N) is 2. The Labute approximate surface area is 157 Å². The summed E-state index contributed by atoms with van der Waals surface area (Å²) in [7, 11) is 0. The fraction of sp³-hybridized carbons (Fsp3) is 0.100. The molecule has 0 fully saturated rings. The molecule has 3 aromatic rings. The third kappa shape index (κ3) is 4.52. The first kappa shape index (κ1) is 17.8. The Morgan fingerprint density at radius 3 is 2.77 bits per heavy atom. The van der Waals surface area contributed by atoms with Crippen LogP contribution in [0.15, 0.2) is 66.9 Å². The van der Waals surface area contributed by atoms with Crippen LogP contribution >= 0.6 is 11.6 Å². The lowest BCUT2D eigenvalue weighted by molar-refractivity contribution is 0.102. The molecule has 0 saturated carbocycles. The lowest BCUT2D eigenvalue weighted by Crippen LogP contribution is -2.12. The topological polar surface area (TPSA) is 63.2 Å². The van der Waals surface area contributed by atoms with Crippen LogP contribution in [0.2, 0.25) is 5.02 Å². The molecule has 0 bridgehead atoms. The molecule has 5 nitrogen and oxygen atoms in total. The van der Waals surface area contributed by atoms with Gasteiger partial charge in [0.05, 0.1) is 12.3 Å². The van der Waals surface area contributed by atoms with E-state index in [9.17, 15) is 4.79 Å². The molecule has 132 valence electrons. The number of nitrogens with zero attached hydrogens (tertiary/aromatic N) is 1. The molecule has 26 heavy (non-hydrogen) atoms. The van der Waals surface area contributed by atoms with E-state index in [4.69, 9.17) is 16.3 Å². The Morgan fingerprint density at radius 1 is 1.12 bits per heavy atom. The highest BCUT2D eigenvalue weighted by atomic mass is 35.5. The van der Waals surface area contributed by atoms with E-state index in [1.165, 1.54) is 0 Å². The van der Waals surface area contributed by atoms with E-state index in [-0.39, 0.29) is 5.91 Å². The van der Waals surface area contributed by atoms with Crippen LogP contribution in [0, 0.1) is 0 Å². The zero-order chi connectivity index (χ0) is 18.4. The monoisotopic (exact) mass is 367 g/mol. The minimum atomic E-state index is -0.240. The minimum absolute atomic E-state index is 0.240. The quantitative estimate of drug-likeness (QED) is 0.634. The van der Waals surface area contributed by atoms with Crippen molar-refractivity contribution in [2.75, 3.05) is 17.2 Å². The Morgan fingerprint density at radius 2 is 1.96 bits per heavy atom. The molecule has 1 amide bonds. The molecule has 2 N–H and O–H groups in total. The first-order valence-corrected chi connectivity index (χ1v) is 8.55. The zero-order valence-corrected chi connectivity index (χ0v) is 15.0. The number of hydrogen-bond acceptors (Lipinski definition) is 4. The van der Waals surface area contributed by atoms with Gasteiger partial charge in [0.25, 0.3) is 5.91 Å². The molecular formula is C20H18ClN3O2. The Balaban J connectivity index is 1.77. The van der Waals surface area contributed by atoms with Crippen LogP contribution in [-0.4, -0.2) is 17.5 Å². The molecule has 0 spiro atoms. The second-order valence-electron chi connectivity index (χ2n) is 5.45. The van der Waals surface area contributed by atoms with Gasteiger partial charge in [-0.05, 0) is 49.4 Å². The largest absolute Gasteiger partial charge is 0.492 e. The third-order valence-corrected chi connectivity index (χ3v) is 3.79. The van der Waals surface area contributed by atoms with Crippen molar-refractivity contribution in [3.63, 3.8) is 0 Å². The van der Waals surface area contributed by atoms with E-state index in [1.54, 1.807) is 42.6 Å². The molecule has 1 heterocycles. The maximum Gasteiger partial charge on any atom is 0.255 e. The average molecular weight is 368 g/mol. The number of rotatable bonds is 6. The number of anilines is 3. The van der Waals surface area contributed by atoms with Crippen LogP contribution in [0.5, 0.6) is 5.75 Å². The van der Waals surface area contributed by atoms with Gasteiger partial charge in [0, 0.05) is 22.5 Å². The van der Waals surface area contributed by atoms with E-state index in [2.05, 4.69) is 15.6 Å². The summed E-state index contributed by atoms with van der Waals surface area (Å²) in [6, 6.07) is 17.9. The number of carbonyl (C=O) groups is 1. The van der Waals surface area contributed by atoms with Crippen molar-refractivity contribution in [1.29, 1.82) is 0 Å². The van der Waals surface area contributed by atoms with E-state index < -0.39 is 0 Å². The van der Waals surface area contributed by atoms with E-state index >= 15 is 0 Å². The Bertz CT molecular complexity index is 915. The highest BCUT2D eigenvalue weighted by molar-refractivity contribution is 6.31. The molecule has 0 radical (unpaired) electrons. The van der Waals surface area contributed by atoms with Crippen LogP contribution < -0.4 is 15.4 Å². The molecule has 1 aromatic heterocycles.